The zero-order chi connectivity index (χ0) is 7.84. The Hall–Kier alpha value is -1.45. The molecular formula is C7H7FN3+. The molecule has 2 aromatic heterocycles. The van der Waals surface area contributed by atoms with Crippen LogP contribution in [0.3, 0.4) is 0 Å². The second-order valence-corrected chi connectivity index (χ2v) is 2.38. The fraction of sp³-hybridized carbons (Fsp3) is 0.143. The summed E-state index contributed by atoms with van der Waals surface area (Å²) in [5.74, 6) is 0.622. The number of aromatic amines is 1. The zero-order valence-electron chi connectivity index (χ0n) is 6.00. The highest BCUT2D eigenvalue weighted by atomic mass is 19.1. The third-order valence-corrected chi connectivity index (χ3v) is 1.59. The molecule has 1 N–H and O–H groups in total. The summed E-state index contributed by atoms with van der Waals surface area (Å²) >= 11 is 0. The lowest BCUT2D eigenvalue weighted by Gasteiger charge is -1.85. The monoisotopic (exact) mass is 152 g/mol. The van der Waals surface area contributed by atoms with Crippen molar-refractivity contribution in [2.24, 2.45) is 0 Å². The van der Waals surface area contributed by atoms with Gasteiger partial charge in [-0.25, -0.2) is 8.79 Å². The van der Waals surface area contributed by atoms with Gasteiger partial charge in [0.2, 0.25) is 5.82 Å². The van der Waals surface area contributed by atoms with Crippen LogP contribution in [0.15, 0.2) is 18.3 Å². The highest BCUT2D eigenvalue weighted by Gasteiger charge is 2.07. The van der Waals surface area contributed by atoms with Crippen molar-refractivity contribution in [1.82, 2.24) is 10.2 Å². The van der Waals surface area contributed by atoms with Gasteiger partial charge in [-0.2, -0.15) is 0 Å². The Balaban J connectivity index is 2.86. The van der Waals surface area contributed by atoms with Crippen molar-refractivity contribution in [1.29, 1.82) is 0 Å². The van der Waals surface area contributed by atoms with E-state index in [1.165, 1.54) is 12.1 Å². The molecule has 0 aliphatic rings. The number of rotatable bonds is 0. The average molecular weight is 152 g/mol. The summed E-state index contributed by atoms with van der Waals surface area (Å²) in [6.07, 6.45) is 1.64. The SMILES string of the molecule is Cc1[nH]nc2cc(F)cc[n+]12. The maximum atomic E-state index is 12.6. The molecule has 0 saturated carbocycles. The van der Waals surface area contributed by atoms with E-state index in [1.807, 2.05) is 6.92 Å². The lowest BCUT2D eigenvalue weighted by molar-refractivity contribution is -0.520. The maximum Gasteiger partial charge on any atom is 0.308 e. The van der Waals surface area contributed by atoms with Crippen LogP contribution in [0.4, 0.5) is 4.39 Å². The van der Waals surface area contributed by atoms with Gasteiger partial charge in [0.25, 0.3) is 0 Å². The third kappa shape index (κ3) is 0.869. The predicted molar refractivity (Wildman–Crippen MR) is 36.4 cm³/mol. The molecule has 0 radical (unpaired) electrons. The van der Waals surface area contributed by atoms with Gasteiger partial charge in [-0.3, -0.25) is 0 Å². The molecule has 0 amide bonds. The maximum absolute atomic E-state index is 12.6. The van der Waals surface area contributed by atoms with Gasteiger partial charge < -0.3 is 0 Å². The Bertz CT molecular complexity index is 393. The van der Waals surface area contributed by atoms with E-state index in [4.69, 9.17) is 0 Å². The van der Waals surface area contributed by atoms with Gasteiger partial charge in [0.1, 0.15) is 5.82 Å². The van der Waals surface area contributed by atoms with Crippen molar-refractivity contribution in [2.75, 3.05) is 0 Å². The summed E-state index contributed by atoms with van der Waals surface area (Å²) in [5, 5.41) is 6.63. The molecule has 0 unspecified atom stereocenters. The smallest absolute Gasteiger partial charge is 0.207 e. The molecule has 0 aliphatic heterocycles. The molecule has 2 heterocycles. The molecule has 0 aromatic carbocycles. The van der Waals surface area contributed by atoms with Crippen LogP contribution < -0.4 is 4.40 Å². The number of pyridine rings is 1. The van der Waals surface area contributed by atoms with Crippen LogP contribution in [0.2, 0.25) is 0 Å². The van der Waals surface area contributed by atoms with E-state index in [2.05, 4.69) is 10.2 Å². The number of H-pyrrole nitrogens is 1. The Labute approximate surface area is 62.5 Å². The highest BCUT2D eigenvalue weighted by molar-refractivity contribution is 5.26. The number of nitrogens with zero attached hydrogens (tertiary/aromatic N) is 2. The van der Waals surface area contributed by atoms with Crippen LogP contribution >= 0.6 is 0 Å². The number of hydrogen-bond acceptors (Lipinski definition) is 1. The van der Waals surface area contributed by atoms with Gasteiger partial charge in [-0.15, -0.1) is 5.10 Å². The van der Waals surface area contributed by atoms with E-state index >= 15 is 0 Å². The minimum absolute atomic E-state index is 0.267. The van der Waals surface area contributed by atoms with Crippen molar-refractivity contribution in [3.8, 4) is 0 Å². The Morgan fingerprint density at radius 3 is 3.27 bits per heavy atom. The molecule has 56 valence electrons. The van der Waals surface area contributed by atoms with E-state index in [0.717, 1.165) is 5.82 Å². The fourth-order valence-electron chi connectivity index (χ4n) is 1.02. The quantitative estimate of drug-likeness (QED) is 0.551. The predicted octanol–water partition coefficient (Wildman–Crippen LogP) is 0.596. The molecular weight excluding hydrogens is 145 g/mol. The first-order chi connectivity index (χ1) is 5.27. The largest absolute Gasteiger partial charge is 0.308 e. The van der Waals surface area contributed by atoms with Crippen LogP contribution in [0.25, 0.3) is 5.65 Å². The van der Waals surface area contributed by atoms with Crippen molar-refractivity contribution in [3.63, 3.8) is 0 Å². The molecule has 0 spiro atoms. The lowest BCUT2D eigenvalue weighted by Crippen LogP contribution is -2.21. The Morgan fingerprint density at radius 1 is 1.64 bits per heavy atom. The molecule has 11 heavy (non-hydrogen) atoms. The first kappa shape index (κ1) is 6.27. The summed E-state index contributed by atoms with van der Waals surface area (Å²) in [6, 6.07) is 2.78. The molecule has 2 aromatic rings. The van der Waals surface area contributed by atoms with Crippen LogP contribution in [0.5, 0.6) is 0 Å². The summed E-state index contributed by atoms with van der Waals surface area (Å²) in [4.78, 5) is 0. The number of hydrogen-bond donors (Lipinski definition) is 1. The average Bonchev–Trinajstić information content (AvgIpc) is 2.32. The lowest BCUT2D eigenvalue weighted by atomic mass is 10.4. The highest BCUT2D eigenvalue weighted by Crippen LogP contribution is 1.96. The molecule has 0 aliphatic carbocycles. The Morgan fingerprint density at radius 2 is 2.45 bits per heavy atom. The minimum atomic E-state index is -0.267. The van der Waals surface area contributed by atoms with Crippen molar-refractivity contribution in [2.45, 2.75) is 6.92 Å². The van der Waals surface area contributed by atoms with Crippen LogP contribution in [0.1, 0.15) is 5.82 Å². The molecule has 0 saturated heterocycles. The summed E-state index contributed by atoms with van der Waals surface area (Å²) in [5.41, 5.74) is 0.600. The van der Waals surface area contributed by atoms with E-state index in [1.54, 1.807) is 10.6 Å². The van der Waals surface area contributed by atoms with Gasteiger partial charge in [0.15, 0.2) is 0 Å². The topological polar surface area (TPSA) is 32.8 Å². The first-order valence-electron chi connectivity index (χ1n) is 3.29. The standard InChI is InChI=1S/C7H6FN3/c1-5-9-10-7-4-6(8)2-3-11(5)7/h2-4H,1H3/p+1. The second kappa shape index (κ2) is 2.02. The molecule has 3 nitrogen and oxygen atoms in total. The van der Waals surface area contributed by atoms with Gasteiger partial charge in [0, 0.05) is 18.1 Å². The van der Waals surface area contributed by atoms with Crippen LogP contribution in [0, 0.1) is 12.7 Å². The number of halogens is 1. The third-order valence-electron chi connectivity index (χ3n) is 1.59. The molecule has 0 fully saturated rings. The number of nitrogens with one attached hydrogen (secondary N) is 1. The van der Waals surface area contributed by atoms with Crippen molar-refractivity contribution in [3.05, 3.63) is 30.0 Å². The number of aromatic nitrogens is 3. The van der Waals surface area contributed by atoms with E-state index < -0.39 is 0 Å². The molecule has 0 bridgehead atoms. The van der Waals surface area contributed by atoms with E-state index in [9.17, 15) is 4.39 Å². The van der Waals surface area contributed by atoms with Crippen molar-refractivity contribution >= 4 is 5.65 Å². The molecule has 4 heteroatoms. The number of aryl methyl sites for hydroxylation is 1. The van der Waals surface area contributed by atoms with Gasteiger partial charge in [0.05, 0.1) is 12.3 Å². The summed E-state index contributed by atoms with van der Waals surface area (Å²) in [6.45, 7) is 1.87. The summed E-state index contributed by atoms with van der Waals surface area (Å²) < 4.78 is 14.4. The van der Waals surface area contributed by atoms with Crippen molar-refractivity contribution < 1.29 is 8.79 Å². The van der Waals surface area contributed by atoms with E-state index in [-0.39, 0.29) is 5.82 Å². The van der Waals surface area contributed by atoms with Crippen LogP contribution in [-0.4, -0.2) is 10.2 Å². The minimum Gasteiger partial charge on any atom is -0.207 e. The van der Waals surface area contributed by atoms with Gasteiger partial charge in [-0.1, -0.05) is 0 Å². The second-order valence-electron chi connectivity index (χ2n) is 2.38. The molecule has 0 atom stereocenters. The number of fused-ring (bicyclic) bond motifs is 1. The zero-order valence-corrected chi connectivity index (χ0v) is 6.00. The van der Waals surface area contributed by atoms with Gasteiger partial charge >= 0.3 is 5.65 Å². The normalized spacial score (nSPS) is 10.7. The van der Waals surface area contributed by atoms with Crippen LogP contribution in [-0.2, 0) is 0 Å². The molecule has 2 rings (SSSR count). The first-order valence-corrected chi connectivity index (χ1v) is 3.29. The fourth-order valence-corrected chi connectivity index (χ4v) is 1.02. The van der Waals surface area contributed by atoms with Gasteiger partial charge in [-0.05, 0) is 0 Å². The Kier molecular flexibility index (Phi) is 1.15. The summed E-state index contributed by atoms with van der Waals surface area (Å²) in [7, 11) is 0. The van der Waals surface area contributed by atoms with E-state index in [0.29, 0.717) is 5.65 Å².